The second-order valence-corrected chi connectivity index (χ2v) is 2.62. The highest BCUT2D eigenvalue weighted by molar-refractivity contribution is 6.10. The van der Waals surface area contributed by atoms with Gasteiger partial charge in [-0.05, 0) is 6.42 Å². The Morgan fingerprint density at radius 3 is 2.00 bits per heavy atom. The number of hydrogen-bond donors (Lipinski definition) is 0. The Hall–Kier alpha value is -0.0551. The zero-order valence-electron chi connectivity index (χ0n) is 8.08. The van der Waals surface area contributed by atoms with E-state index in [2.05, 4.69) is 0 Å². The lowest BCUT2D eigenvalue weighted by Crippen LogP contribution is -2.29. The highest BCUT2D eigenvalue weighted by Crippen LogP contribution is 2.00. The van der Waals surface area contributed by atoms with Gasteiger partial charge in [-0.3, -0.25) is 0 Å². The number of methoxy groups -OCH3 is 2. The second kappa shape index (κ2) is 7.59. The van der Waals surface area contributed by atoms with Crippen LogP contribution >= 0.6 is 0 Å². The maximum absolute atomic E-state index is 5.60. The Labute approximate surface area is 75.8 Å². The van der Waals surface area contributed by atoms with E-state index in [1.54, 1.807) is 14.2 Å². The molecular weight excluding hydrogens is 155 g/mol. The summed E-state index contributed by atoms with van der Waals surface area (Å²) in [4.78, 5) is 0. The molecule has 0 rings (SSSR count). The standard InChI is InChI=1S/C8H17BO3/c1-4-8(9)12-7(5-10-2)6-11-3/h7-8H,4-6H2,1-3H3/t8-/m1/s1. The molecule has 4 heteroatoms. The lowest BCUT2D eigenvalue weighted by molar-refractivity contribution is -0.0541. The minimum absolute atomic E-state index is 0.0602. The first-order valence-corrected chi connectivity index (χ1v) is 4.13. The van der Waals surface area contributed by atoms with Crippen LogP contribution in [0.3, 0.4) is 0 Å². The third kappa shape index (κ3) is 5.58. The van der Waals surface area contributed by atoms with E-state index in [1.807, 2.05) is 6.92 Å². The van der Waals surface area contributed by atoms with Gasteiger partial charge >= 0.3 is 0 Å². The number of hydrogen-bond acceptors (Lipinski definition) is 3. The number of ether oxygens (including phenoxy) is 3. The highest BCUT2D eigenvalue weighted by atomic mass is 16.6. The van der Waals surface area contributed by atoms with E-state index in [9.17, 15) is 0 Å². The molecule has 0 fully saturated rings. The molecule has 0 aliphatic heterocycles. The van der Waals surface area contributed by atoms with Gasteiger partial charge in [0.1, 0.15) is 14.0 Å². The summed E-state index contributed by atoms with van der Waals surface area (Å²) in [6.07, 6.45) is 0.735. The monoisotopic (exact) mass is 172 g/mol. The third-order valence-electron chi connectivity index (χ3n) is 1.47. The van der Waals surface area contributed by atoms with Gasteiger partial charge in [0.05, 0.1) is 13.2 Å². The molecule has 0 unspecified atom stereocenters. The first-order valence-electron chi connectivity index (χ1n) is 4.13. The van der Waals surface area contributed by atoms with Crippen LogP contribution in [0.4, 0.5) is 0 Å². The molecule has 0 bridgehead atoms. The smallest absolute Gasteiger partial charge is 0.108 e. The van der Waals surface area contributed by atoms with E-state index in [-0.39, 0.29) is 12.1 Å². The fourth-order valence-corrected chi connectivity index (χ4v) is 0.842. The summed E-state index contributed by atoms with van der Waals surface area (Å²) in [6.45, 7) is 3.00. The molecule has 0 saturated carbocycles. The molecule has 1 atom stereocenters. The van der Waals surface area contributed by atoms with Crippen molar-refractivity contribution in [1.29, 1.82) is 0 Å². The molecule has 3 nitrogen and oxygen atoms in total. The van der Waals surface area contributed by atoms with E-state index < -0.39 is 0 Å². The van der Waals surface area contributed by atoms with Crippen molar-refractivity contribution in [2.24, 2.45) is 0 Å². The van der Waals surface area contributed by atoms with Gasteiger partial charge < -0.3 is 14.2 Å². The van der Waals surface area contributed by atoms with Gasteiger partial charge in [-0.25, -0.2) is 0 Å². The average molecular weight is 172 g/mol. The lowest BCUT2D eigenvalue weighted by atomic mass is 9.97. The molecule has 12 heavy (non-hydrogen) atoms. The van der Waals surface area contributed by atoms with Crippen molar-refractivity contribution >= 4 is 7.85 Å². The Bertz CT molecular complexity index is 94.3. The van der Waals surface area contributed by atoms with Crippen molar-refractivity contribution in [3.8, 4) is 0 Å². The van der Waals surface area contributed by atoms with Gasteiger partial charge in [-0.1, -0.05) is 6.92 Å². The molecule has 0 N–H and O–H groups in total. The topological polar surface area (TPSA) is 27.7 Å². The van der Waals surface area contributed by atoms with Gasteiger partial charge in [0.15, 0.2) is 0 Å². The molecule has 0 amide bonds. The predicted molar refractivity (Wildman–Crippen MR) is 48.5 cm³/mol. The SMILES string of the molecule is [B][C@@H](CC)OC(COC)COC. The molecule has 0 aliphatic carbocycles. The maximum atomic E-state index is 5.60. The van der Waals surface area contributed by atoms with Gasteiger partial charge in [0, 0.05) is 20.2 Å². The Kier molecular flexibility index (Phi) is 7.55. The van der Waals surface area contributed by atoms with Crippen molar-refractivity contribution in [2.45, 2.75) is 25.5 Å². The van der Waals surface area contributed by atoms with Crippen molar-refractivity contribution in [3.05, 3.63) is 0 Å². The normalized spacial score (nSPS) is 13.7. The zero-order valence-corrected chi connectivity index (χ0v) is 8.08. The molecule has 0 spiro atoms. The summed E-state index contributed by atoms with van der Waals surface area (Å²) in [5.41, 5.74) is 0. The van der Waals surface area contributed by atoms with Gasteiger partial charge in [-0.15, -0.1) is 0 Å². The van der Waals surface area contributed by atoms with Crippen LogP contribution in [0.5, 0.6) is 0 Å². The molecule has 0 aromatic rings. The molecule has 0 aliphatic rings. The minimum atomic E-state index is -0.222. The molecule has 0 saturated heterocycles. The van der Waals surface area contributed by atoms with Crippen molar-refractivity contribution in [2.75, 3.05) is 27.4 Å². The second-order valence-electron chi connectivity index (χ2n) is 2.62. The van der Waals surface area contributed by atoms with E-state index >= 15 is 0 Å². The molecule has 70 valence electrons. The molecule has 0 heterocycles. The predicted octanol–water partition coefficient (Wildman–Crippen LogP) is 0.569. The van der Waals surface area contributed by atoms with Crippen molar-refractivity contribution in [1.82, 2.24) is 0 Å². The molecule has 0 aromatic carbocycles. The lowest BCUT2D eigenvalue weighted by Gasteiger charge is -2.20. The first kappa shape index (κ1) is 11.9. The van der Waals surface area contributed by atoms with Crippen LogP contribution in [-0.4, -0.2) is 47.4 Å². The van der Waals surface area contributed by atoms with Gasteiger partial charge in [-0.2, -0.15) is 0 Å². The summed E-state index contributed by atoms with van der Waals surface area (Å²) >= 11 is 0. The summed E-state index contributed by atoms with van der Waals surface area (Å²) in [6, 6.07) is -0.222. The first-order chi connectivity index (χ1) is 5.74. The van der Waals surface area contributed by atoms with Crippen LogP contribution in [0.2, 0.25) is 0 Å². The summed E-state index contributed by atoms with van der Waals surface area (Å²) < 4.78 is 15.3. The van der Waals surface area contributed by atoms with Crippen LogP contribution in [0.25, 0.3) is 0 Å². The quantitative estimate of drug-likeness (QED) is 0.525. The van der Waals surface area contributed by atoms with E-state index in [0.717, 1.165) is 6.42 Å². The van der Waals surface area contributed by atoms with E-state index in [0.29, 0.717) is 13.2 Å². The Balaban J connectivity index is 3.61. The Morgan fingerprint density at radius 2 is 1.67 bits per heavy atom. The molecule has 2 radical (unpaired) electrons. The Morgan fingerprint density at radius 1 is 1.17 bits per heavy atom. The average Bonchev–Trinajstić information content (AvgIpc) is 2.05. The highest BCUT2D eigenvalue weighted by Gasteiger charge is 2.11. The summed E-state index contributed by atoms with van der Waals surface area (Å²) in [5.74, 6) is 0. The number of rotatable bonds is 7. The largest absolute Gasteiger partial charge is 0.382 e. The van der Waals surface area contributed by atoms with Crippen LogP contribution in [0.15, 0.2) is 0 Å². The van der Waals surface area contributed by atoms with Crippen LogP contribution in [-0.2, 0) is 14.2 Å². The van der Waals surface area contributed by atoms with Crippen molar-refractivity contribution < 1.29 is 14.2 Å². The molecular formula is C8H17BO3. The van der Waals surface area contributed by atoms with Gasteiger partial charge in [0.2, 0.25) is 0 Å². The fraction of sp³-hybridized carbons (Fsp3) is 1.00. The zero-order chi connectivity index (χ0) is 9.40. The van der Waals surface area contributed by atoms with E-state index in [4.69, 9.17) is 22.1 Å². The molecule has 0 aromatic heterocycles. The van der Waals surface area contributed by atoms with Crippen LogP contribution < -0.4 is 0 Å². The summed E-state index contributed by atoms with van der Waals surface area (Å²) in [5, 5.41) is 0. The summed E-state index contributed by atoms with van der Waals surface area (Å²) in [7, 11) is 8.86. The third-order valence-corrected chi connectivity index (χ3v) is 1.47. The van der Waals surface area contributed by atoms with Crippen LogP contribution in [0.1, 0.15) is 13.3 Å². The minimum Gasteiger partial charge on any atom is -0.382 e. The maximum Gasteiger partial charge on any atom is 0.108 e. The van der Waals surface area contributed by atoms with Gasteiger partial charge in [0.25, 0.3) is 0 Å². The van der Waals surface area contributed by atoms with Crippen LogP contribution in [0, 0.1) is 0 Å². The fourth-order valence-electron chi connectivity index (χ4n) is 0.842. The van der Waals surface area contributed by atoms with E-state index in [1.165, 1.54) is 0 Å². The van der Waals surface area contributed by atoms with Crippen molar-refractivity contribution in [3.63, 3.8) is 0 Å².